The van der Waals surface area contributed by atoms with Crippen LogP contribution in [0.5, 0.6) is 11.5 Å². The molecule has 0 saturated carbocycles. The monoisotopic (exact) mass is 470 g/mol. The molecule has 2 aromatic carbocycles. The fourth-order valence-corrected chi connectivity index (χ4v) is 4.89. The first-order valence-electron chi connectivity index (χ1n) is 11.1. The highest BCUT2D eigenvalue weighted by atomic mass is 32.1. The number of methoxy groups -OCH3 is 2. The van der Waals surface area contributed by atoms with Crippen LogP contribution < -0.4 is 19.7 Å². The molecule has 1 saturated heterocycles. The number of hydrogen-bond acceptors (Lipinski definition) is 4. The summed E-state index contributed by atoms with van der Waals surface area (Å²) in [6, 6.07) is 24.1. The molecular formula is C27H26N4O2S. The van der Waals surface area contributed by atoms with Crippen LogP contribution in [0, 0.1) is 6.92 Å². The van der Waals surface area contributed by atoms with Crippen LogP contribution in [0.4, 0.5) is 5.69 Å². The molecule has 2 aromatic heterocycles. The van der Waals surface area contributed by atoms with E-state index in [4.69, 9.17) is 21.7 Å². The number of thiocarbonyl (C=S) groups is 1. The normalized spacial score (nSPS) is 17.5. The average Bonchev–Trinajstić information content (AvgIpc) is 3.48. The third kappa shape index (κ3) is 3.88. The molecule has 0 bridgehead atoms. The Morgan fingerprint density at radius 2 is 1.82 bits per heavy atom. The fourth-order valence-electron chi connectivity index (χ4n) is 4.55. The zero-order chi connectivity index (χ0) is 23.7. The zero-order valence-electron chi connectivity index (χ0n) is 19.3. The minimum absolute atomic E-state index is 0.154. The molecule has 7 heteroatoms. The Labute approximate surface area is 204 Å². The number of pyridine rings is 1. The van der Waals surface area contributed by atoms with Gasteiger partial charge in [-0.25, -0.2) is 0 Å². The van der Waals surface area contributed by atoms with E-state index in [0.717, 1.165) is 28.5 Å². The van der Waals surface area contributed by atoms with Crippen molar-refractivity contribution in [1.29, 1.82) is 0 Å². The lowest BCUT2D eigenvalue weighted by molar-refractivity contribution is 0.394. The third-order valence-electron chi connectivity index (χ3n) is 6.11. The predicted octanol–water partition coefficient (Wildman–Crippen LogP) is 5.38. The fraction of sp³-hybridized carbons (Fsp3) is 0.185. The standard InChI is InChI=1S/C27H26N4O2S/c1-18-8-6-9-19(16-18)30-15-7-11-23(30)26-25(21-10-4-5-14-28-21)29-27(34)31(26)22-13-12-20(32-2)17-24(22)33-3/h4-17,25-26H,1-3H3,(H,29,34)/t25-,26-/m0/s1. The second-order valence-electron chi connectivity index (χ2n) is 8.18. The molecule has 1 N–H and O–H groups in total. The zero-order valence-corrected chi connectivity index (χ0v) is 20.1. The van der Waals surface area contributed by atoms with E-state index in [9.17, 15) is 0 Å². The van der Waals surface area contributed by atoms with Crippen molar-refractivity contribution in [3.63, 3.8) is 0 Å². The molecule has 4 aromatic rings. The van der Waals surface area contributed by atoms with Crippen molar-refractivity contribution < 1.29 is 9.47 Å². The number of ether oxygens (including phenoxy) is 2. The number of aryl methyl sites for hydroxylation is 1. The molecule has 1 aliphatic heterocycles. The smallest absolute Gasteiger partial charge is 0.174 e. The lowest BCUT2D eigenvalue weighted by atomic mass is 10.0. The quantitative estimate of drug-likeness (QED) is 0.382. The number of anilines is 1. The van der Waals surface area contributed by atoms with Crippen molar-refractivity contribution in [3.8, 4) is 17.2 Å². The van der Waals surface area contributed by atoms with Gasteiger partial charge in [0.15, 0.2) is 5.11 Å². The minimum Gasteiger partial charge on any atom is -0.497 e. The predicted molar refractivity (Wildman–Crippen MR) is 138 cm³/mol. The van der Waals surface area contributed by atoms with E-state index >= 15 is 0 Å². The van der Waals surface area contributed by atoms with Crippen LogP contribution in [-0.2, 0) is 0 Å². The molecule has 0 spiro atoms. The van der Waals surface area contributed by atoms with Gasteiger partial charge < -0.3 is 24.3 Å². The summed E-state index contributed by atoms with van der Waals surface area (Å²) in [6.45, 7) is 2.10. The maximum atomic E-state index is 5.89. The van der Waals surface area contributed by atoms with E-state index in [0.29, 0.717) is 10.9 Å². The molecule has 2 atom stereocenters. The Morgan fingerprint density at radius 3 is 2.56 bits per heavy atom. The van der Waals surface area contributed by atoms with Crippen LogP contribution in [0.1, 0.15) is 29.0 Å². The topological polar surface area (TPSA) is 51.5 Å². The Morgan fingerprint density at radius 1 is 0.941 bits per heavy atom. The molecule has 1 fully saturated rings. The van der Waals surface area contributed by atoms with E-state index in [-0.39, 0.29) is 12.1 Å². The molecule has 0 unspecified atom stereocenters. The second-order valence-corrected chi connectivity index (χ2v) is 8.56. The lowest BCUT2D eigenvalue weighted by Crippen LogP contribution is -2.30. The minimum atomic E-state index is -0.166. The number of nitrogens with one attached hydrogen (secondary N) is 1. The van der Waals surface area contributed by atoms with Crippen molar-refractivity contribution in [2.45, 2.75) is 19.0 Å². The van der Waals surface area contributed by atoms with Gasteiger partial charge in [-0.15, -0.1) is 0 Å². The van der Waals surface area contributed by atoms with Crippen LogP contribution >= 0.6 is 12.2 Å². The van der Waals surface area contributed by atoms with Gasteiger partial charge in [0.25, 0.3) is 0 Å². The first-order valence-corrected chi connectivity index (χ1v) is 11.5. The van der Waals surface area contributed by atoms with Gasteiger partial charge >= 0.3 is 0 Å². The van der Waals surface area contributed by atoms with Gasteiger partial charge in [0.05, 0.1) is 31.6 Å². The van der Waals surface area contributed by atoms with Crippen LogP contribution in [-0.4, -0.2) is 28.9 Å². The number of nitrogens with zero attached hydrogens (tertiary/aromatic N) is 3. The van der Waals surface area contributed by atoms with Gasteiger partial charge in [0.2, 0.25) is 0 Å². The van der Waals surface area contributed by atoms with Crippen molar-refractivity contribution in [2.24, 2.45) is 0 Å². The molecule has 0 aliphatic carbocycles. The molecular weight excluding hydrogens is 444 g/mol. The number of aromatic nitrogens is 2. The van der Waals surface area contributed by atoms with E-state index in [1.165, 1.54) is 5.56 Å². The SMILES string of the molecule is COc1ccc(N2C(=S)N[C@@H](c3ccccn3)[C@@H]2c2cccn2-c2cccc(C)c2)c(OC)c1. The maximum absolute atomic E-state index is 5.89. The summed E-state index contributed by atoms with van der Waals surface area (Å²) in [7, 11) is 3.30. The Bertz CT molecular complexity index is 1320. The molecule has 1 aliphatic rings. The van der Waals surface area contributed by atoms with Gasteiger partial charge in [-0.05, 0) is 73.2 Å². The van der Waals surface area contributed by atoms with Gasteiger partial charge in [-0.3, -0.25) is 4.98 Å². The van der Waals surface area contributed by atoms with E-state index < -0.39 is 0 Å². The summed E-state index contributed by atoms with van der Waals surface area (Å²) < 4.78 is 13.4. The molecule has 0 amide bonds. The Balaban J connectivity index is 1.69. The van der Waals surface area contributed by atoms with E-state index in [1.54, 1.807) is 14.2 Å². The molecule has 3 heterocycles. The highest BCUT2D eigenvalue weighted by molar-refractivity contribution is 7.80. The lowest BCUT2D eigenvalue weighted by Gasteiger charge is -2.30. The first kappa shape index (κ1) is 22.0. The summed E-state index contributed by atoms with van der Waals surface area (Å²) in [5.74, 6) is 1.41. The van der Waals surface area contributed by atoms with Crippen molar-refractivity contribution in [3.05, 3.63) is 102 Å². The molecule has 34 heavy (non-hydrogen) atoms. The summed E-state index contributed by atoms with van der Waals surface area (Å²) in [6.07, 6.45) is 3.90. The molecule has 172 valence electrons. The highest BCUT2D eigenvalue weighted by Crippen LogP contribution is 2.45. The van der Waals surface area contributed by atoms with Gasteiger partial charge in [-0.1, -0.05) is 18.2 Å². The third-order valence-corrected chi connectivity index (χ3v) is 6.42. The number of hydrogen-bond donors (Lipinski definition) is 1. The Kier molecular flexibility index (Phi) is 5.94. The van der Waals surface area contributed by atoms with Crippen LogP contribution in [0.25, 0.3) is 5.69 Å². The van der Waals surface area contributed by atoms with Gasteiger partial charge in [-0.2, -0.15) is 0 Å². The van der Waals surface area contributed by atoms with Crippen molar-refractivity contribution in [2.75, 3.05) is 19.1 Å². The van der Waals surface area contributed by atoms with Crippen LogP contribution in [0.3, 0.4) is 0 Å². The molecule has 6 nitrogen and oxygen atoms in total. The number of rotatable bonds is 6. The van der Waals surface area contributed by atoms with Crippen molar-refractivity contribution in [1.82, 2.24) is 14.9 Å². The summed E-state index contributed by atoms with van der Waals surface area (Å²) in [4.78, 5) is 6.78. The summed E-state index contributed by atoms with van der Waals surface area (Å²) in [5, 5.41) is 4.13. The van der Waals surface area contributed by atoms with Gasteiger partial charge in [0.1, 0.15) is 17.5 Å². The van der Waals surface area contributed by atoms with Gasteiger partial charge in [0, 0.05) is 29.8 Å². The van der Waals surface area contributed by atoms with E-state index in [2.05, 4.69) is 69.3 Å². The number of benzene rings is 2. The van der Waals surface area contributed by atoms with E-state index in [1.807, 2.05) is 42.6 Å². The largest absolute Gasteiger partial charge is 0.497 e. The van der Waals surface area contributed by atoms with Crippen molar-refractivity contribution >= 4 is 23.0 Å². The second kappa shape index (κ2) is 9.19. The Hall–Kier alpha value is -3.84. The molecule has 5 rings (SSSR count). The van der Waals surface area contributed by atoms with Crippen LogP contribution in [0.2, 0.25) is 0 Å². The van der Waals surface area contributed by atoms with Crippen LogP contribution in [0.15, 0.2) is 85.2 Å². The maximum Gasteiger partial charge on any atom is 0.174 e. The first-order chi connectivity index (χ1) is 16.6. The molecule has 0 radical (unpaired) electrons. The highest BCUT2D eigenvalue weighted by Gasteiger charge is 2.43. The summed E-state index contributed by atoms with van der Waals surface area (Å²) in [5.41, 5.74) is 5.17. The average molecular weight is 471 g/mol. The summed E-state index contributed by atoms with van der Waals surface area (Å²) >= 11 is 5.89.